The maximum atomic E-state index is 12.3. The van der Waals surface area contributed by atoms with E-state index in [1.165, 1.54) is 11.1 Å². The van der Waals surface area contributed by atoms with Gasteiger partial charge in [-0.1, -0.05) is 24.3 Å². The van der Waals surface area contributed by atoms with E-state index in [0.29, 0.717) is 11.8 Å². The number of carbonyl (C=O) groups is 1. The molecule has 3 rings (SSSR count). The third-order valence-electron chi connectivity index (χ3n) is 4.72. The van der Waals surface area contributed by atoms with Crippen LogP contribution in [0.25, 0.3) is 0 Å². The number of nitrogens with one attached hydrogen (secondary N) is 1. The van der Waals surface area contributed by atoms with E-state index < -0.39 is 0 Å². The van der Waals surface area contributed by atoms with Crippen LogP contribution in [0.3, 0.4) is 0 Å². The summed E-state index contributed by atoms with van der Waals surface area (Å²) in [6.07, 6.45) is 0.231. The number of carbonyl (C=O) groups excluding carboxylic acids is 1. The molecule has 0 spiro atoms. The first-order valence-corrected chi connectivity index (χ1v) is 7.39. The van der Waals surface area contributed by atoms with Crippen LogP contribution >= 0.6 is 0 Å². The first kappa shape index (κ1) is 13.6. The van der Waals surface area contributed by atoms with Gasteiger partial charge in [-0.05, 0) is 24.0 Å². The lowest BCUT2D eigenvalue weighted by Crippen LogP contribution is -2.35. The highest BCUT2D eigenvalue weighted by Crippen LogP contribution is 2.43. The summed E-state index contributed by atoms with van der Waals surface area (Å²) in [7, 11) is 0. The number of nitrogens with zero attached hydrogens (tertiary/aromatic N) is 1. The van der Waals surface area contributed by atoms with Crippen molar-refractivity contribution in [2.75, 3.05) is 26.2 Å². The average Bonchev–Trinajstić information content (AvgIpc) is 3.00. The molecule has 4 heteroatoms. The summed E-state index contributed by atoms with van der Waals surface area (Å²) in [5, 5.41) is 12.5. The largest absolute Gasteiger partial charge is 0.396 e. The molecule has 2 fully saturated rings. The lowest BCUT2D eigenvalue weighted by Gasteiger charge is -2.29. The second-order valence-corrected chi connectivity index (χ2v) is 5.90. The van der Waals surface area contributed by atoms with E-state index in [1.54, 1.807) is 0 Å². The van der Waals surface area contributed by atoms with Crippen LogP contribution in [0.1, 0.15) is 23.6 Å². The molecular weight excluding hydrogens is 252 g/mol. The number of aryl methyl sites for hydroxylation is 1. The first-order chi connectivity index (χ1) is 9.72. The molecule has 0 radical (unpaired) electrons. The van der Waals surface area contributed by atoms with Crippen molar-refractivity contribution in [2.24, 2.45) is 11.8 Å². The standard InChI is InChI=1S/C16H22N2O2/c1-11-4-2-3-5-13(11)16-14-9-17-8-12(14)10-18(16)15(20)6-7-19/h2-5,12,14,16-17,19H,6-10H2,1H3/t12-,14-,16+/m0/s1. The van der Waals surface area contributed by atoms with Gasteiger partial charge in [0.15, 0.2) is 0 Å². The van der Waals surface area contributed by atoms with E-state index in [4.69, 9.17) is 5.11 Å². The predicted molar refractivity (Wildman–Crippen MR) is 77.2 cm³/mol. The maximum absolute atomic E-state index is 12.3. The molecule has 1 amide bonds. The van der Waals surface area contributed by atoms with E-state index in [0.717, 1.165) is 19.6 Å². The number of rotatable bonds is 3. The molecule has 2 N–H and O–H groups in total. The third-order valence-corrected chi connectivity index (χ3v) is 4.72. The minimum Gasteiger partial charge on any atom is -0.396 e. The van der Waals surface area contributed by atoms with E-state index in [1.807, 2.05) is 17.0 Å². The van der Waals surface area contributed by atoms with Crippen LogP contribution in [0.4, 0.5) is 0 Å². The summed E-state index contributed by atoms with van der Waals surface area (Å²) in [6.45, 7) is 4.83. The SMILES string of the molecule is Cc1ccccc1[C@@H]1[C@H]2CNC[C@H]2CN1C(=O)CCO. The van der Waals surface area contributed by atoms with Crippen LogP contribution in [0, 0.1) is 18.8 Å². The Morgan fingerprint density at radius 2 is 2.20 bits per heavy atom. The normalized spacial score (nSPS) is 28.7. The molecule has 4 nitrogen and oxygen atoms in total. The topological polar surface area (TPSA) is 52.6 Å². The molecule has 108 valence electrons. The Labute approximate surface area is 119 Å². The number of benzene rings is 1. The fraction of sp³-hybridized carbons (Fsp3) is 0.562. The lowest BCUT2D eigenvalue weighted by atomic mass is 9.87. The van der Waals surface area contributed by atoms with Gasteiger partial charge in [0.25, 0.3) is 0 Å². The number of hydrogen-bond acceptors (Lipinski definition) is 3. The molecule has 0 aliphatic carbocycles. The molecule has 0 saturated carbocycles. The zero-order valence-electron chi connectivity index (χ0n) is 11.9. The van der Waals surface area contributed by atoms with E-state index in [9.17, 15) is 4.79 Å². The number of fused-ring (bicyclic) bond motifs is 1. The van der Waals surface area contributed by atoms with E-state index in [-0.39, 0.29) is 25.0 Å². The molecular formula is C16H22N2O2. The van der Waals surface area contributed by atoms with Crippen molar-refractivity contribution in [3.05, 3.63) is 35.4 Å². The van der Waals surface area contributed by atoms with Crippen molar-refractivity contribution in [3.8, 4) is 0 Å². The smallest absolute Gasteiger partial charge is 0.225 e. The molecule has 2 saturated heterocycles. The highest BCUT2D eigenvalue weighted by molar-refractivity contribution is 5.77. The molecule has 0 unspecified atom stereocenters. The highest BCUT2D eigenvalue weighted by Gasteiger charge is 2.46. The zero-order chi connectivity index (χ0) is 14.1. The number of aliphatic hydroxyl groups is 1. The molecule has 0 aromatic heterocycles. The first-order valence-electron chi connectivity index (χ1n) is 7.39. The fourth-order valence-electron chi connectivity index (χ4n) is 3.73. The van der Waals surface area contributed by atoms with Gasteiger partial charge in [0, 0.05) is 32.0 Å². The summed E-state index contributed by atoms with van der Waals surface area (Å²) < 4.78 is 0. The van der Waals surface area contributed by atoms with E-state index in [2.05, 4.69) is 24.4 Å². The third kappa shape index (κ3) is 2.23. The van der Waals surface area contributed by atoms with Crippen LogP contribution in [-0.4, -0.2) is 42.2 Å². The number of amides is 1. The Bertz CT molecular complexity index is 503. The van der Waals surface area contributed by atoms with Gasteiger partial charge in [0.05, 0.1) is 12.6 Å². The minimum atomic E-state index is -0.0661. The van der Waals surface area contributed by atoms with E-state index >= 15 is 0 Å². The fourth-order valence-corrected chi connectivity index (χ4v) is 3.73. The second kappa shape index (κ2) is 5.54. The molecule has 2 aliphatic rings. The molecule has 20 heavy (non-hydrogen) atoms. The van der Waals surface area contributed by atoms with Crippen molar-refractivity contribution in [1.82, 2.24) is 10.2 Å². The maximum Gasteiger partial charge on any atom is 0.225 e. The molecule has 2 aliphatic heterocycles. The van der Waals surface area contributed by atoms with Crippen molar-refractivity contribution < 1.29 is 9.90 Å². The van der Waals surface area contributed by atoms with Crippen LogP contribution in [0.15, 0.2) is 24.3 Å². The second-order valence-electron chi connectivity index (χ2n) is 5.90. The lowest BCUT2D eigenvalue weighted by molar-refractivity contribution is -0.133. The summed E-state index contributed by atoms with van der Waals surface area (Å²) in [5.74, 6) is 1.12. The van der Waals surface area contributed by atoms with Gasteiger partial charge >= 0.3 is 0 Å². The highest BCUT2D eigenvalue weighted by atomic mass is 16.3. The van der Waals surface area contributed by atoms with Crippen LogP contribution in [0.2, 0.25) is 0 Å². The Morgan fingerprint density at radius 1 is 1.40 bits per heavy atom. The molecule has 2 heterocycles. The summed E-state index contributed by atoms with van der Waals surface area (Å²) in [5.41, 5.74) is 2.50. The van der Waals surface area contributed by atoms with Crippen LogP contribution in [0.5, 0.6) is 0 Å². The van der Waals surface area contributed by atoms with Gasteiger partial charge < -0.3 is 15.3 Å². The summed E-state index contributed by atoms with van der Waals surface area (Å²) >= 11 is 0. The summed E-state index contributed by atoms with van der Waals surface area (Å²) in [4.78, 5) is 14.3. The van der Waals surface area contributed by atoms with Crippen molar-refractivity contribution in [1.29, 1.82) is 0 Å². The predicted octanol–water partition coefficient (Wildman–Crippen LogP) is 1.10. The number of likely N-dealkylation sites (tertiary alicyclic amines) is 1. The monoisotopic (exact) mass is 274 g/mol. The van der Waals surface area contributed by atoms with Gasteiger partial charge in [-0.3, -0.25) is 4.79 Å². The van der Waals surface area contributed by atoms with Crippen LogP contribution < -0.4 is 5.32 Å². The Hall–Kier alpha value is -1.39. The minimum absolute atomic E-state index is 0.0661. The Morgan fingerprint density at radius 3 is 2.95 bits per heavy atom. The average molecular weight is 274 g/mol. The van der Waals surface area contributed by atoms with Gasteiger partial charge in [0.2, 0.25) is 5.91 Å². The summed E-state index contributed by atoms with van der Waals surface area (Å²) in [6, 6.07) is 8.50. The van der Waals surface area contributed by atoms with Crippen LogP contribution in [-0.2, 0) is 4.79 Å². The Balaban J connectivity index is 1.94. The molecule has 3 atom stereocenters. The van der Waals surface area contributed by atoms with Gasteiger partial charge in [-0.15, -0.1) is 0 Å². The number of aliphatic hydroxyl groups excluding tert-OH is 1. The van der Waals surface area contributed by atoms with Crippen molar-refractivity contribution in [3.63, 3.8) is 0 Å². The quantitative estimate of drug-likeness (QED) is 0.868. The van der Waals surface area contributed by atoms with Gasteiger partial charge in [-0.25, -0.2) is 0 Å². The number of hydrogen-bond donors (Lipinski definition) is 2. The van der Waals surface area contributed by atoms with Crippen molar-refractivity contribution in [2.45, 2.75) is 19.4 Å². The van der Waals surface area contributed by atoms with Gasteiger partial charge in [-0.2, -0.15) is 0 Å². The Kier molecular flexibility index (Phi) is 3.76. The molecule has 1 aromatic carbocycles. The molecule has 0 bridgehead atoms. The van der Waals surface area contributed by atoms with Gasteiger partial charge in [0.1, 0.15) is 0 Å². The zero-order valence-corrected chi connectivity index (χ0v) is 11.9. The molecule has 1 aromatic rings. The van der Waals surface area contributed by atoms with Crippen molar-refractivity contribution >= 4 is 5.91 Å².